The number of carboxylic acids is 1. The molecule has 0 radical (unpaired) electrons. The lowest BCUT2D eigenvalue weighted by atomic mass is 9.87. The van der Waals surface area contributed by atoms with Crippen LogP contribution >= 0.6 is 0 Å². The van der Waals surface area contributed by atoms with E-state index in [0.29, 0.717) is 31.4 Å². The summed E-state index contributed by atoms with van der Waals surface area (Å²) in [6, 6.07) is 3.92. The van der Waals surface area contributed by atoms with Crippen LogP contribution in [0.15, 0.2) is 12.1 Å². The molecule has 0 amide bonds. The van der Waals surface area contributed by atoms with Gasteiger partial charge in [-0.2, -0.15) is 0 Å². The van der Waals surface area contributed by atoms with E-state index in [0.717, 1.165) is 23.1 Å². The van der Waals surface area contributed by atoms with Gasteiger partial charge in [0.1, 0.15) is 11.5 Å². The highest BCUT2D eigenvalue weighted by atomic mass is 16.5. The Bertz CT molecular complexity index is 534. The summed E-state index contributed by atoms with van der Waals surface area (Å²) in [4.78, 5) is 22.7. The molecule has 2 rings (SSSR count). The molecule has 1 aliphatic carbocycles. The highest BCUT2D eigenvalue weighted by Crippen LogP contribution is 2.30. The number of carboxylic acid groups (broad SMARTS) is 1. The number of methoxy groups -OCH3 is 1. The molecule has 0 spiro atoms. The molecule has 4 nitrogen and oxygen atoms in total. The lowest BCUT2D eigenvalue weighted by Crippen LogP contribution is -2.18. The van der Waals surface area contributed by atoms with Crippen molar-refractivity contribution in [3.8, 4) is 5.75 Å². The summed E-state index contributed by atoms with van der Waals surface area (Å²) in [5, 5.41) is 9.19. The second kappa shape index (κ2) is 6.07. The van der Waals surface area contributed by atoms with E-state index in [4.69, 9.17) is 4.74 Å². The highest BCUT2D eigenvalue weighted by molar-refractivity contribution is 5.83. The van der Waals surface area contributed by atoms with Gasteiger partial charge in [-0.1, -0.05) is 13.0 Å². The molecule has 108 valence electrons. The summed E-state index contributed by atoms with van der Waals surface area (Å²) in [7, 11) is 1.58. The van der Waals surface area contributed by atoms with Gasteiger partial charge < -0.3 is 9.84 Å². The van der Waals surface area contributed by atoms with Crippen LogP contribution in [0.25, 0.3) is 0 Å². The van der Waals surface area contributed by atoms with Crippen LogP contribution in [0.4, 0.5) is 0 Å². The molecule has 1 aromatic rings. The Labute approximate surface area is 118 Å². The smallest absolute Gasteiger partial charge is 0.306 e. The van der Waals surface area contributed by atoms with Gasteiger partial charge in [-0.05, 0) is 42.0 Å². The molecule has 1 N–H and O–H groups in total. The first-order valence-electron chi connectivity index (χ1n) is 6.98. The van der Waals surface area contributed by atoms with E-state index >= 15 is 0 Å². The zero-order valence-corrected chi connectivity index (χ0v) is 11.9. The van der Waals surface area contributed by atoms with E-state index in [1.165, 1.54) is 0 Å². The number of rotatable bonds is 5. The predicted octanol–water partition coefficient (Wildman–Crippen LogP) is 2.41. The van der Waals surface area contributed by atoms with Crippen molar-refractivity contribution in [1.29, 1.82) is 0 Å². The average Bonchev–Trinajstić information content (AvgIpc) is 2.43. The molecular formula is C16H20O4. The number of ether oxygens (including phenoxy) is 1. The summed E-state index contributed by atoms with van der Waals surface area (Å²) in [6.07, 6.45) is 2.84. The van der Waals surface area contributed by atoms with Crippen LogP contribution in [-0.4, -0.2) is 24.0 Å². The van der Waals surface area contributed by atoms with Crippen LogP contribution < -0.4 is 4.74 Å². The third-order valence-electron chi connectivity index (χ3n) is 3.97. The van der Waals surface area contributed by atoms with Crippen molar-refractivity contribution in [1.82, 2.24) is 0 Å². The van der Waals surface area contributed by atoms with Crippen molar-refractivity contribution in [3.63, 3.8) is 0 Å². The van der Waals surface area contributed by atoms with Gasteiger partial charge in [-0.25, -0.2) is 0 Å². The Hall–Kier alpha value is -1.84. The van der Waals surface area contributed by atoms with Crippen molar-refractivity contribution in [2.24, 2.45) is 5.92 Å². The first-order chi connectivity index (χ1) is 9.55. The molecular weight excluding hydrogens is 256 g/mol. The van der Waals surface area contributed by atoms with Crippen molar-refractivity contribution < 1.29 is 19.4 Å². The van der Waals surface area contributed by atoms with Crippen molar-refractivity contribution in [3.05, 3.63) is 28.8 Å². The minimum atomic E-state index is -0.776. The lowest BCUT2D eigenvalue weighted by molar-refractivity contribution is -0.141. The number of carbonyl (C=O) groups excluding carboxylic acids is 1. The molecule has 0 aromatic heterocycles. The van der Waals surface area contributed by atoms with Gasteiger partial charge in [-0.3, -0.25) is 9.59 Å². The summed E-state index contributed by atoms with van der Waals surface area (Å²) >= 11 is 0. The predicted molar refractivity (Wildman–Crippen MR) is 75.1 cm³/mol. The maximum Gasteiger partial charge on any atom is 0.306 e. The number of aryl methyl sites for hydroxylation is 1. The van der Waals surface area contributed by atoms with Gasteiger partial charge in [0.25, 0.3) is 0 Å². The number of ketones is 1. The van der Waals surface area contributed by atoms with Gasteiger partial charge in [0, 0.05) is 12.8 Å². The summed E-state index contributed by atoms with van der Waals surface area (Å²) in [6.45, 7) is 1.88. The zero-order chi connectivity index (χ0) is 14.7. The number of hydrogen-bond acceptors (Lipinski definition) is 3. The maximum absolute atomic E-state index is 11.5. The van der Waals surface area contributed by atoms with Crippen LogP contribution in [0, 0.1) is 5.92 Å². The molecule has 20 heavy (non-hydrogen) atoms. The first kappa shape index (κ1) is 14.6. The number of benzene rings is 1. The SMILES string of the molecule is CCC(Cc1cc2c(cc1OC)CC(=O)CC2)C(=O)O. The van der Waals surface area contributed by atoms with Crippen LogP contribution in [0.3, 0.4) is 0 Å². The number of Topliss-reactive ketones (excluding diaryl/α,β-unsaturated/α-hetero) is 1. The Morgan fingerprint density at radius 1 is 1.35 bits per heavy atom. The molecule has 1 atom stereocenters. The second-order valence-corrected chi connectivity index (χ2v) is 5.30. The normalized spacial score (nSPS) is 15.6. The third-order valence-corrected chi connectivity index (χ3v) is 3.97. The molecule has 0 saturated carbocycles. The molecule has 0 aliphatic heterocycles. The van der Waals surface area contributed by atoms with Crippen LogP contribution in [-0.2, 0) is 28.9 Å². The summed E-state index contributed by atoms with van der Waals surface area (Å²) in [5.74, 6) is -0.225. The van der Waals surface area contributed by atoms with E-state index in [1.54, 1.807) is 7.11 Å². The fourth-order valence-corrected chi connectivity index (χ4v) is 2.71. The Morgan fingerprint density at radius 3 is 2.70 bits per heavy atom. The van der Waals surface area contributed by atoms with E-state index in [1.807, 2.05) is 19.1 Å². The minimum Gasteiger partial charge on any atom is -0.496 e. The molecule has 1 unspecified atom stereocenters. The van der Waals surface area contributed by atoms with Crippen LogP contribution in [0.5, 0.6) is 5.75 Å². The summed E-state index contributed by atoms with van der Waals surface area (Å²) < 4.78 is 5.37. The Morgan fingerprint density at radius 2 is 2.10 bits per heavy atom. The van der Waals surface area contributed by atoms with E-state index in [-0.39, 0.29) is 5.78 Å². The monoisotopic (exact) mass is 276 g/mol. The summed E-state index contributed by atoms with van der Waals surface area (Å²) in [5.41, 5.74) is 3.10. The van der Waals surface area contributed by atoms with E-state index in [9.17, 15) is 14.7 Å². The average molecular weight is 276 g/mol. The third kappa shape index (κ3) is 3.00. The molecule has 1 aliphatic rings. The molecule has 4 heteroatoms. The molecule has 0 bridgehead atoms. The highest BCUT2D eigenvalue weighted by Gasteiger charge is 2.22. The first-order valence-corrected chi connectivity index (χ1v) is 6.98. The van der Waals surface area contributed by atoms with Gasteiger partial charge in [0.05, 0.1) is 13.0 Å². The minimum absolute atomic E-state index is 0.254. The van der Waals surface area contributed by atoms with Gasteiger partial charge in [0.15, 0.2) is 0 Å². The van der Waals surface area contributed by atoms with E-state index < -0.39 is 11.9 Å². The molecule has 0 saturated heterocycles. The van der Waals surface area contributed by atoms with Crippen molar-refractivity contribution in [2.45, 2.75) is 39.0 Å². The van der Waals surface area contributed by atoms with Gasteiger partial charge in [0.2, 0.25) is 0 Å². The fraction of sp³-hybridized carbons (Fsp3) is 0.500. The van der Waals surface area contributed by atoms with Crippen molar-refractivity contribution in [2.75, 3.05) is 7.11 Å². The number of aliphatic carboxylic acids is 1. The maximum atomic E-state index is 11.5. The standard InChI is InChI=1S/C16H20O4/c1-3-10(16(18)19)6-13-7-11-4-5-14(17)8-12(11)9-15(13)20-2/h7,9-10H,3-6,8H2,1-2H3,(H,18,19). The zero-order valence-electron chi connectivity index (χ0n) is 11.9. The lowest BCUT2D eigenvalue weighted by Gasteiger charge is -2.20. The fourth-order valence-electron chi connectivity index (χ4n) is 2.71. The number of hydrogen-bond donors (Lipinski definition) is 1. The molecule has 0 heterocycles. The van der Waals surface area contributed by atoms with Crippen LogP contribution in [0.2, 0.25) is 0 Å². The number of fused-ring (bicyclic) bond motifs is 1. The number of carbonyl (C=O) groups is 2. The molecule has 1 aromatic carbocycles. The molecule has 0 fully saturated rings. The second-order valence-electron chi connectivity index (χ2n) is 5.30. The van der Waals surface area contributed by atoms with Gasteiger partial charge in [-0.15, -0.1) is 0 Å². The van der Waals surface area contributed by atoms with Crippen molar-refractivity contribution >= 4 is 11.8 Å². The van der Waals surface area contributed by atoms with Crippen LogP contribution in [0.1, 0.15) is 36.5 Å². The Balaban J connectivity index is 2.33. The topological polar surface area (TPSA) is 63.6 Å². The van der Waals surface area contributed by atoms with Gasteiger partial charge >= 0.3 is 5.97 Å². The van der Waals surface area contributed by atoms with E-state index in [2.05, 4.69) is 0 Å². The Kier molecular flexibility index (Phi) is 4.42. The largest absolute Gasteiger partial charge is 0.496 e. The quantitative estimate of drug-likeness (QED) is 0.897.